The van der Waals surface area contributed by atoms with Crippen LogP contribution < -0.4 is 10.5 Å². The van der Waals surface area contributed by atoms with Gasteiger partial charge in [0.2, 0.25) is 5.78 Å². The van der Waals surface area contributed by atoms with E-state index in [9.17, 15) is 9.00 Å². The SMILES string of the molecule is N[SH]1(=O)N=C2C=C(Nc3ccccc3)C(=O)c3cccc1c32. The van der Waals surface area contributed by atoms with Crippen LogP contribution in [0.15, 0.2) is 69.6 Å². The van der Waals surface area contributed by atoms with E-state index in [1.54, 1.807) is 24.3 Å². The van der Waals surface area contributed by atoms with Gasteiger partial charge in [-0.3, -0.25) is 9.93 Å². The van der Waals surface area contributed by atoms with Gasteiger partial charge in [-0.1, -0.05) is 30.3 Å². The van der Waals surface area contributed by atoms with Gasteiger partial charge in [-0.15, -0.1) is 0 Å². The fourth-order valence-corrected chi connectivity index (χ4v) is 4.19. The van der Waals surface area contributed by atoms with Crippen LogP contribution in [-0.2, 0) is 10.3 Å². The Morgan fingerprint density at radius 2 is 1.82 bits per heavy atom. The number of nitrogens with one attached hydrogen (secondary N) is 1. The van der Waals surface area contributed by atoms with Crippen molar-refractivity contribution >= 4 is 27.5 Å². The van der Waals surface area contributed by atoms with Gasteiger partial charge < -0.3 is 5.32 Å². The van der Waals surface area contributed by atoms with Crippen LogP contribution in [0.5, 0.6) is 0 Å². The molecule has 6 heteroatoms. The van der Waals surface area contributed by atoms with Crippen LogP contribution in [0.1, 0.15) is 15.9 Å². The largest absolute Gasteiger partial charge is 0.352 e. The maximum atomic E-state index is 12.6. The summed E-state index contributed by atoms with van der Waals surface area (Å²) in [5.41, 5.74) is 2.81. The monoisotopic (exact) mass is 311 g/mol. The van der Waals surface area contributed by atoms with Gasteiger partial charge in [0.25, 0.3) is 0 Å². The number of benzene rings is 2. The topological polar surface area (TPSA) is 84.6 Å². The molecule has 0 bridgehead atoms. The average Bonchev–Trinajstić information content (AvgIpc) is 2.77. The van der Waals surface area contributed by atoms with E-state index in [1.165, 1.54) is 0 Å². The van der Waals surface area contributed by atoms with Crippen LogP contribution in [0.4, 0.5) is 5.69 Å². The Kier molecular flexibility index (Phi) is 2.66. The number of hydrogen-bond acceptors (Lipinski definition) is 3. The maximum absolute atomic E-state index is 12.6. The van der Waals surface area contributed by atoms with E-state index in [1.807, 2.05) is 30.3 Å². The van der Waals surface area contributed by atoms with Gasteiger partial charge in [0.15, 0.2) is 0 Å². The van der Waals surface area contributed by atoms with Crippen molar-refractivity contribution in [3.05, 3.63) is 71.4 Å². The molecule has 0 fully saturated rings. The normalized spacial score (nSPS) is 19.0. The summed E-state index contributed by atoms with van der Waals surface area (Å²) in [4.78, 5) is 13.1. The van der Waals surface area contributed by atoms with E-state index in [-0.39, 0.29) is 5.78 Å². The molecular formula is C16H13N3O2S. The molecule has 0 spiro atoms. The van der Waals surface area contributed by atoms with Crippen LogP contribution in [0.25, 0.3) is 0 Å². The lowest BCUT2D eigenvalue weighted by molar-refractivity contribution is 0.103. The summed E-state index contributed by atoms with van der Waals surface area (Å²) >= 11 is 0. The van der Waals surface area contributed by atoms with Crippen LogP contribution in [0.3, 0.4) is 0 Å². The highest BCUT2D eigenvalue weighted by atomic mass is 32.3. The van der Waals surface area contributed by atoms with E-state index < -0.39 is 10.3 Å². The number of allylic oxidation sites excluding steroid dienone is 2. The minimum atomic E-state index is -3.26. The van der Waals surface area contributed by atoms with Crippen LogP contribution >= 0.6 is 0 Å². The molecule has 0 unspecified atom stereocenters. The molecule has 4 rings (SSSR count). The molecule has 0 saturated heterocycles. The van der Waals surface area contributed by atoms with Gasteiger partial charge in [0, 0.05) is 27.1 Å². The second-order valence-corrected chi connectivity index (χ2v) is 7.11. The highest BCUT2D eigenvalue weighted by Gasteiger charge is 2.34. The molecule has 5 nitrogen and oxygen atoms in total. The number of carbonyl (C=O) groups is 1. The van der Waals surface area contributed by atoms with Gasteiger partial charge in [0.05, 0.1) is 16.3 Å². The van der Waals surface area contributed by atoms with Crippen molar-refractivity contribution in [2.75, 3.05) is 5.32 Å². The lowest BCUT2D eigenvalue weighted by Crippen LogP contribution is -2.21. The molecule has 0 saturated carbocycles. The molecule has 22 heavy (non-hydrogen) atoms. The molecule has 2 aromatic carbocycles. The van der Waals surface area contributed by atoms with Crippen molar-refractivity contribution < 1.29 is 9.00 Å². The molecule has 2 aliphatic rings. The number of para-hydroxylation sites is 1. The molecule has 1 heterocycles. The first-order valence-corrected chi connectivity index (χ1v) is 8.50. The number of Topliss-reactive ketones (excluding diaryl/α,β-unsaturated/α-hetero) is 1. The number of ketones is 1. The van der Waals surface area contributed by atoms with Gasteiger partial charge >= 0.3 is 0 Å². The number of rotatable bonds is 2. The third-order valence-corrected chi connectivity index (χ3v) is 5.30. The second kappa shape index (κ2) is 4.46. The van der Waals surface area contributed by atoms with E-state index in [4.69, 9.17) is 5.14 Å². The average molecular weight is 311 g/mol. The molecular weight excluding hydrogens is 298 g/mol. The number of carbonyl (C=O) groups excluding carboxylic acids is 1. The Morgan fingerprint density at radius 3 is 2.59 bits per heavy atom. The lowest BCUT2D eigenvalue weighted by atomic mass is 9.92. The van der Waals surface area contributed by atoms with E-state index in [0.717, 1.165) is 5.69 Å². The summed E-state index contributed by atoms with van der Waals surface area (Å²) in [6.45, 7) is 0. The summed E-state index contributed by atoms with van der Waals surface area (Å²) in [5, 5.41) is 8.89. The number of nitrogens with two attached hydrogens (primary N) is 1. The minimum absolute atomic E-state index is 0.151. The number of thiol groups is 1. The van der Waals surface area contributed by atoms with Crippen molar-refractivity contribution in [1.29, 1.82) is 0 Å². The van der Waals surface area contributed by atoms with Crippen molar-refractivity contribution in [3.63, 3.8) is 0 Å². The van der Waals surface area contributed by atoms with Crippen molar-refractivity contribution in [2.45, 2.75) is 4.90 Å². The summed E-state index contributed by atoms with van der Waals surface area (Å²) in [6.07, 6.45) is 1.62. The smallest absolute Gasteiger partial charge is 0.209 e. The highest BCUT2D eigenvalue weighted by Crippen LogP contribution is 2.35. The molecule has 0 aromatic heterocycles. The fraction of sp³-hybridized carbons (Fsp3) is 0. The van der Waals surface area contributed by atoms with Crippen molar-refractivity contribution in [3.8, 4) is 0 Å². The first-order valence-electron chi connectivity index (χ1n) is 6.77. The van der Waals surface area contributed by atoms with Crippen LogP contribution in [-0.4, -0.2) is 15.7 Å². The van der Waals surface area contributed by atoms with Gasteiger partial charge in [-0.25, -0.2) is 4.21 Å². The highest BCUT2D eigenvalue weighted by molar-refractivity contribution is 8.00. The molecule has 0 amide bonds. The van der Waals surface area contributed by atoms with Crippen molar-refractivity contribution in [1.82, 2.24) is 0 Å². The zero-order valence-corrected chi connectivity index (χ0v) is 12.4. The zero-order chi connectivity index (χ0) is 15.3. The van der Waals surface area contributed by atoms with E-state index in [0.29, 0.717) is 27.4 Å². The maximum Gasteiger partial charge on any atom is 0.209 e. The molecule has 1 aliphatic heterocycles. The van der Waals surface area contributed by atoms with Gasteiger partial charge in [0.1, 0.15) is 0 Å². The zero-order valence-electron chi connectivity index (χ0n) is 11.5. The molecule has 3 N–H and O–H groups in total. The third kappa shape index (κ3) is 1.85. The Bertz CT molecular complexity index is 916. The predicted molar refractivity (Wildman–Crippen MR) is 87.4 cm³/mol. The number of anilines is 1. The lowest BCUT2D eigenvalue weighted by Gasteiger charge is -2.17. The molecule has 110 valence electrons. The molecule has 2 aromatic rings. The van der Waals surface area contributed by atoms with Gasteiger partial charge in [-0.05, 0) is 24.3 Å². The van der Waals surface area contributed by atoms with E-state index >= 15 is 0 Å². The summed E-state index contributed by atoms with van der Waals surface area (Å²) < 4.78 is 16.5. The first kappa shape index (κ1) is 13.1. The summed E-state index contributed by atoms with van der Waals surface area (Å²) in [6, 6.07) is 14.5. The Labute approximate surface area is 128 Å². The van der Waals surface area contributed by atoms with E-state index in [2.05, 4.69) is 9.71 Å². The van der Waals surface area contributed by atoms with Gasteiger partial charge in [-0.2, -0.15) is 4.40 Å². The Hall–Kier alpha value is -2.57. The molecule has 0 radical (unpaired) electrons. The van der Waals surface area contributed by atoms with Crippen molar-refractivity contribution in [2.24, 2.45) is 9.54 Å². The molecule has 0 atom stereocenters. The molecule has 1 aliphatic carbocycles. The first-order chi connectivity index (χ1) is 10.6. The van der Waals surface area contributed by atoms with Crippen LogP contribution in [0.2, 0.25) is 0 Å². The third-order valence-electron chi connectivity index (χ3n) is 3.72. The fourth-order valence-electron chi connectivity index (χ4n) is 2.75. The summed E-state index contributed by atoms with van der Waals surface area (Å²) in [7, 11) is -3.26. The number of nitrogens with zero attached hydrogens (tertiary/aromatic N) is 1. The van der Waals surface area contributed by atoms with Crippen LogP contribution in [0, 0.1) is 0 Å². The minimum Gasteiger partial charge on any atom is -0.352 e. The standard InChI is InChI=1S/C16H13N3O2S/c17-22(21)14-8-4-7-11-15(14)12(19-22)9-13(16(11)20)18-10-5-2-1-3-6-10/h1-9,18,22H,(H2,17,21). The number of hydrogen-bond donors (Lipinski definition) is 3. The second-order valence-electron chi connectivity index (χ2n) is 5.19. The summed E-state index contributed by atoms with van der Waals surface area (Å²) in [5.74, 6) is -0.151. The predicted octanol–water partition coefficient (Wildman–Crippen LogP) is 1.85. The Balaban J connectivity index is 1.85. The Morgan fingerprint density at radius 1 is 1.05 bits per heavy atom. The quantitative estimate of drug-likeness (QED) is 0.740.